The molecule has 0 saturated heterocycles. The van der Waals surface area contributed by atoms with Crippen molar-refractivity contribution in [2.75, 3.05) is 13.7 Å². The van der Waals surface area contributed by atoms with E-state index in [-0.39, 0.29) is 18.3 Å². The molecule has 0 spiro atoms. The Kier molecular flexibility index (Phi) is 7.40. The van der Waals surface area contributed by atoms with E-state index in [9.17, 15) is 14.0 Å². The zero-order valence-electron chi connectivity index (χ0n) is 21.5. The summed E-state index contributed by atoms with van der Waals surface area (Å²) in [6, 6.07) is 23.6. The summed E-state index contributed by atoms with van der Waals surface area (Å²) in [6.45, 7) is 2.01. The molecule has 0 radical (unpaired) electrons. The van der Waals surface area contributed by atoms with E-state index >= 15 is 0 Å². The number of allylic oxidation sites excluding steroid dienone is 3. The first kappa shape index (κ1) is 25.5. The lowest BCUT2D eigenvalue weighted by Gasteiger charge is -2.36. The monoisotopic (exact) mass is 511 g/mol. The number of esters is 1. The normalized spacial score (nSPS) is 19.1. The topological polar surface area (TPSA) is 64.6 Å². The lowest BCUT2D eigenvalue weighted by atomic mass is 9.71. The summed E-state index contributed by atoms with van der Waals surface area (Å²) in [5.41, 5.74) is 4.92. The second kappa shape index (κ2) is 11.1. The van der Waals surface area contributed by atoms with Crippen molar-refractivity contribution >= 4 is 11.8 Å². The fourth-order valence-corrected chi connectivity index (χ4v) is 5.42. The van der Waals surface area contributed by atoms with Crippen LogP contribution in [0.15, 0.2) is 101 Å². The summed E-state index contributed by atoms with van der Waals surface area (Å²) in [4.78, 5) is 27.1. The predicted molar refractivity (Wildman–Crippen MR) is 143 cm³/mol. The number of hydrogen-bond donors (Lipinski definition) is 1. The predicted octanol–water partition coefficient (Wildman–Crippen LogP) is 5.98. The number of ether oxygens (including phenoxy) is 2. The van der Waals surface area contributed by atoms with Gasteiger partial charge in [0.2, 0.25) is 0 Å². The summed E-state index contributed by atoms with van der Waals surface area (Å²) in [6.07, 6.45) is 1.48. The molecule has 2 atom stereocenters. The van der Waals surface area contributed by atoms with Crippen molar-refractivity contribution in [1.29, 1.82) is 0 Å². The number of hydrogen-bond acceptors (Lipinski definition) is 5. The molecular weight excluding hydrogens is 481 g/mol. The number of halogens is 1. The summed E-state index contributed by atoms with van der Waals surface area (Å²) in [7, 11) is 1.62. The van der Waals surface area contributed by atoms with Crippen molar-refractivity contribution < 1.29 is 23.5 Å². The van der Waals surface area contributed by atoms with Gasteiger partial charge in [-0.1, -0.05) is 54.6 Å². The molecule has 1 aliphatic heterocycles. The van der Waals surface area contributed by atoms with Crippen LogP contribution in [0.3, 0.4) is 0 Å². The highest BCUT2D eigenvalue weighted by molar-refractivity contribution is 6.04. The molecule has 5 rings (SSSR count). The third-order valence-electron chi connectivity index (χ3n) is 7.28. The Morgan fingerprint density at radius 1 is 0.974 bits per heavy atom. The zero-order chi connectivity index (χ0) is 26.6. The van der Waals surface area contributed by atoms with Gasteiger partial charge in [-0.15, -0.1) is 0 Å². The van der Waals surface area contributed by atoms with Crippen LogP contribution in [0, 0.1) is 5.82 Å². The molecule has 194 valence electrons. The van der Waals surface area contributed by atoms with Crippen molar-refractivity contribution in [3.8, 4) is 5.75 Å². The minimum atomic E-state index is -0.699. The quantitative estimate of drug-likeness (QED) is 0.395. The first-order chi connectivity index (χ1) is 18.4. The van der Waals surface area contributed by atoms with Crippen LogP contribution in [0.25, 0.3) is 0 Å². The van der Waals surface area contributed by atoms with Gasteiger partial charge in [-0.3, -0.25) is 4.79 Å². The number of carbonyl (C=O) groups excluding carboxylic acids is 2. The van der Waals surface area contributed by atoms with Crippen molar-refractivity contribution in [2.45, 2.75) is 38.0 Å². The fraction of sp³-hybridized carbons (Fsp3) is 0.250. The van der Waals surface area contributed by atoms with E-state index in [1.807, 2.05) is 61.5 Å². The maximum absolute atomic E-state index is 14.3. The van der Waals surface area contributed by atoms with Gasteiger partial charge in [0.05, 0.1) is 19.3 Å². The summed E-state index contributed by atoms with van der Waals surface area (Å²) in [5.74, 6) is -0.938. The Labute approximate surface area is 222 Å². The molecule has 0 bridgehead atoms. The number of carbonyl (C=O) groups is 2. The van der Waals surface area contributed by atoms with Crippen LogP contribution in [0.4, 0.5) is 4.39 Å². The maximum Gasteiger partial charge on any atom is 0.336 e. The van der Waals surface area contributed by atoms with Crippen LogP contribution in [0.1, 0.15) is 48.3 Å². The Balaban J connectivity index is 1.45. The number of benzene rings is 3. The molecule has 0 aromatic heterocycles. The average Bonchev–Trinajstić information content (AvgIpc) is 2.92. The molecule has 0 unspecified atom stereocenters. The van der Waals surface area contributed by atoms with E-state index in [4.69, 9.17) is 9.47 Å². The Hall–Kier alpha value is -4.19. The van der Waals surface area contributed by atoms with Crippen molar-refractivity contribution in [3.63, 3.8) is 0 Å². The molecule has 38 heavy (non-hydrogen) atoms. The Morgan fingerprint density at radius 2 is 1.74 bits per heavy atom. The first-order valence-corrected chi connectivity index (χ1v) is 12.8. The molecule has 1 heterocycles. The second-order valence-corrected chi connectivity index (χ2v) is 9.72. The highest BCUT2D eigenvalue weighted by Gasteiger charge is 2.41. The van der Waals surface area contributed by atoms with Crippen molar-refractivity contribution in [3.05, 3.63) is 124 Å². The molecule has 5 nitrogen and oxygen atoms in total. The smallest absolute Gasteiger partial charge is 0.336 e. The molecule has 0 amide bonds. The Morgan fingerprint density at radius 3 is 2.45 bits per heavy atom. The largest absolute Gasteiger partial charge is 0.497 e. The van der Waals surface area contributed by atoms with E-state index in [0.717, 1.165) is 22.6 Å². The van der Waals surface area contributed by atoms with E-state index in [2.05, 4.69) is 5.32 Å². The number of methoxy groups -OCH3 is 1. The van der Waals surface area contributed by atoms with E-state index in [0.29, 0.717) is 41.7 Å². The van der Waals surface area contributed by atoms with Crippen LogP contribution in [-0.2, 0) is 20.7 Å². The first-order valence-electron chi connectivity index (χ1n) is 12.8. The van der Waals surface area contributed by atoms with E-state index < -0.39 is 17.7 Å². The van der Waals surface area contributed by atoms with Crippen molar-refractivity contribution in [1.82, 2.24) is 5.32 Å². The van der Waals surface area contributed by atoms with E-state index in [1.165, 1.54) is 12.1 Å². The minimum Gasteiger partial charge on any atom is -0.497 e. The zero-order valence-corrected chi connectivity index (χ0v) is 21.5. The Bertz CT molecular complexity index is 1410. The number of Topliss-reactive ketones (excluding diaryl/α,β-unsaturated/α-hetero) is 1. The molecule has 1 aliphatic carbocycles. The number of nitrogens with one attached hydrogen (secondary N) is 1. The number of dihydropyridines is 1. The summed E-state index contributed by atoms with van der Waals surface area (Å²) < 4.78 is 25.3. The summed E-state index contributed by atoms with van der Waals surface area (Å²) >= 11 is 0. The SMILES string of the molecule is COc1ccc([C@@H]2CC(=O)C3=C(C2)NC(C)=C(C(=O)OCCc2ccccc2)[C@@H]3c2cccc(F)c2)cc1. The van der Waals surface area contributed by atoms with Gasteiger partial charge in [-0.25, -0.2) is 9.18 Å². The highest BCUT2D eigenvalue weighted by atomic mass is 19.1. The van der Waals surface area contributed by atoms with E-state index in [1.54, 1.807) is 19.2 Å². The average molecular weight is 512 g/mol. The minimum absolute atomic E-state index is 0.0139. The van der Waals surface area contributed by atoms with Gasteiger partial charge in [0, 0.05) is 35.7 Å². The van der Waals surface area contributed by atoms with Gasteiger partial charge >= 0.3 is 5.97 Å². The van der Waals surface area contributed by atoms with Crippen LogP contribution >= 0.6 is 0 Å². The molecule has 2 aliphatic rings. The van der Waals surface area contributed by atoms with Gasteiger partial charge in [0.1, 0.15) is 11.6 Å². The molecule has 6 heteroatoms. The van der Waals surface area contributed by atoms with Crippen LogP contribution in [-0.4, -0.2) is 25.5 Å². The van der Waals surface area contributed by atoms with Crippen molar-refractivity contribution in [2.24, 2.45) is 0 Å². The molecule has 3 aromatic rings. The maximum atomic E-state index is 14.3. The lowest BCUT2D eigenvalue weighted by molar-refractivity contribution is -0.139. The number of ketones is 1. The molecule has 0 saturated carbocycles. The van der Waals surface area contributed by atoms with Gasteiger partial charge in [-0.05, 0) is 60.2 Å². The third-order valence-corrected chi connectivity index (χ3v) is 7.28. The van der Waals surface area contributed by atoms with Gasteiger partial charge in [0.15, 0.2) is 5.78 Å². The molecule has 3 aromatic carbocycles. The summed E-state index contributed by atoms with van der Waals surface area (Å²) in [5, 5.41) is 3.34. The molecule has 1 N–H and O–H groups in total. The molecular formula is C32H30FNO4. The van der Waals surface area contributed by atoms with Gasteiger partial charge in [-0.2, -0.15) is 0 Å². The third kappa shape index (κ3) is 5.25. The van der Waals surface area contributed by atoms with Crippen LogP contribution < -0.4 is 10.1 Å². The fourth-order valence-electron chi connectivity index (χ4n) is 5.42. The van der Waals surface area contributed by atoms with Gasteiger partial charge in [0.25, 0.3) is 0 Å². The number of rotatable bonds is 7. The highest BCUT2D eigenvalue weighted by Crippen LogP contribution is 2.46. The standard InChI is InChI=1S/C32H30FNO4/c1-20-29(32(36)38-16-15-21-7-4-3-5-8-21)30(23-9-6-10-25(33)17-23)31-27(34-20)18-24(19-28(31)35)22-11-13-26(37-2)14-12-22/h3-14,17,24,30,34H,15-16,18-19H2,1-2H3/t24-,30-/m0/s1. The lowest BCUT2D eigenvalue weighted by Crippen LogP contribution is -2.36. The van der Waals surface area contributed by atoms with Crippen LogP contribution in [0.2, 0.25) is 0 Å². The van der Waals surface area contributed by atoms with Gasteiger partial charge < -0.3 is 14.8 Å². The second-order valence-electron chi connectivity index (χ2n) is 9.72. The molecule has 0 fully saturated rings. The van der Waals surface area contributed by atoms with Crippen LogP contribution in [0.5, 0.6) is 5.75 Å².